The van der Waals surface area contributed by atoms with Crippen LogP contribution in [0.2, 0.25) is 0 Å². The van der Waals surface area contributed by atoms with E-state index in [1.54, 1.807) is 0 Å². The van der Waals surface area contributed by atoms with Crippen molar-refractivity contribution in [3.8, 4) is 0 Å². The molecule has 0 amide bonds. The van der Waals surface area contributed by atoms with Gasteiger partial charge >= 0.3 is 77.9 Å². The Morgan fingerprint density at radius 3 is 1.71 bits per heavy atom. The Kier molecular flexibility index (Phi) is 20.1. The second kappa shape index (κ2) is 13.2. The van der Waals surface area contributed by atoms with Crippen molar-refractivity contribution in [1.82, 2.24) is 0 Å². The summed E-state index contributed by atoms with van der Waals surface area (Å²) >= 11 is 0. The van der Waals surface area contributed by atoms with Crippen LogP contribution in [0.4, 0.5) is 0 Å². The molecular weight excluding hydrogens is 321 g/mol. The molecule has 82 valence electrons. The van der Waals surface area contributed by atoms with Gasteiger partial charge < -0.3 is 26.1 Å². The summed E-state index contributed by atoms with van der Waals surface area (Å²) in [4.78, 5) is 29.3. The molecule has 0 rings (SSSR count). The maximum Gasteiger partial charge on any atom is 1.00 e. The van der Waals surface area contributed by atoms with Crippen LogP contribution in [0.25, 0.3) is 0 Å². The molecule has 0 spiro atoms. The maximum atomic E-state index is 7.33. The SMILES string of the molecule is O[Si](O)(O)O.[CH2-]C(CC)CCCC.[Cs+]. The fraction of sp³-hybridized carbons (Fsp3) is 0.875. The fourth-order valence-electron chi connectivity index (χ4n) is 0.697. The van der Waals surface area contributed by atoms with Gasteiger partial charge in [0.05, 0.1) is 0 Å². The van der Waals surface area contributed by atoms with Crippen molar-refractivity contribution in [2.45, 2.75) is 39.5 Å². The standard InChI is InChI=1S/C8H17.Cs.H4O4Si/c1-4-6-7-8(3)5-2;;1-5(2,3)4/h8H,3-7H2,1-2H3;;1-4H/q-1;+1;. The smallest absolute Gasteiger partial charge is 0.368 e. The van der Waals surface area contributed by atoms with Gasteiger partial charge in [0.25, 0.3) is 0 Å². The summed E-state index contributed by atoms with van der Waals surface area (Å²) in [6.45, 7) is 8.42. The van der Waals surface area contributed by atoms with E-state index in [1.165, 1.54) is 25.7 Å². The van der Waals surface area contributed by atoms with Gasteiger partial charge in [-0.15, -0.1) is 0 Å². The molecule has 0 aliphatic rings. The van der Waals surface area contributed by atoms with Crippen molar-refractivity contribution in [1.29, 1.82) is 0 Å². The van der Waals surface area contributed by atoms with Crippen LogP contribution in [0, 0.1) is 12.8 Å². The van der Waals surface area contributed by atoms with Gasteiger partial charge in [-0.25, -0.2) is 0 Å². The minimum Gasteiger partial charge on any atom is -0.368 e. The van der Waals surface area contributed by atoms with E-state index in [2.05, 4.69) is 20.8 Å². The van der Waals surface area contributed by atoms with Crippen LogP contribution in [0.15, 0.2) is 0 Å². The van der Waals surface area contributed by atoms with E-state index >= 15 is 0 Å². The zero-order valence-electron chi connectivity index (χ0n) is 9.40. The van der Waals surface area contributed by atoms with Gasteiger partial charge in [-0.05, 0) is 0 Å². The van der Waals surface area contributed by atoms with E-state index in [-0.39, 0.29) is 68.9 Å². The molecule has 0 aromatic heterocycles. The largest absolute Gasteiger partial charge is 1.00 e. The molecule has 1 unspecified atom stereocenters. The summed E-state index contributed by atoms with van der Waals surface area (Å²) in [6.07, 6.45) is 5.21. The molecule has 0 saturated heterocycles. The number of unbranched alkanes of at least 4 members (excludes halogenated alkanes) is 1. The normalized spacial score (nSPS) is 12.2. The summed E-state index contributed by atoms with van der Waals surface area (Å²) in [5.41, 5.74) is 0. The molecule has 0 aliphatic carbocycles. The predicted molar refractivity (Wildman–Crippen MR) is 53.3 cm³/mol. The first-order valence-corrected chi connectivity index (χ1v) is 6.32. The van der Waals surface area contributed by atoms with Crippen LogP contribution in [0.5, 0.6) is 0 Å². The average molecular weight is 342 g/mol. The first kappa shape index (κ1) is 21.4. The molecule has 6 heteroatoms. The Labute approximate surface area is 147 Å². The quantitative estimate of drug-likeness (QED) is 0.335. The van der Waals surface area contributed by atoms with Gasteiger partial charge in [0.1, 0.15) is 0 Å². The molecule has 0 saturated carbocycles. The van der Waals surface area contributed by atoms with Gasteiger partial charge in [0, 0.05) is 0 Å². The van der Waals surface area contributed by atoms with Crippen molar-refractivity contribution in [3.05, 3.63) is 6.92 Å². The van der Waals surface area contributed by atoms with E-state index in [9.17, 15) is 0 Å². The first-order valence-electron chi connectivity index (χ1n) is 4.53. The Morgan fingerprint density at radius 2 is 1.50 bits per heavy atom. The van der Waals surface area contributed by atoms with Crippen LogP contribution in [0.1, 0.15) is 39.5 Å². The minimum absolute atomic E-state index is 0. The molecule has 4 N–H and O–H groups in total. The van der Waals surface area contributed by atoms with E-state index in [0.717, 1.165) is 0 Å². The van der Waals surface area contributed by atoms with Crippen molar-refractivity contribution >= 4 is 9.05 Å². The van der Waals surface area contributed by atoms with Crippen LogP contribution in [0.3, 0.4) is 0 Å². The molecular formula is C8H21CsO4Si. The summed E-state index contributed by atoms with van der Waals surface area (Å²) in [6, 6.07) is 0. The molecule has 14 heavy (non-hydrogen) atoms. The molecule has 0 aromatic carbocycles. The van der Waals surface area contributed by atoms with Gasteiger partial charge in [0.2, 0.25) is 0 Å². The van der Waals surface area contributed by atoms with E-state index < -0.39 is 9.05 Å². The first-order chi connectivity index (χ1) is 5.81. The summed E-state index contributed by atoms with van der Waals surface area (Å²) in [5.74, 6) is 0.704. The van der Waals surface area contributed by atoms with Gasteiger partial charge in [-0.2, -0.15) is 5.92 Å². The number of rotatable bonds is 4. The van der Waals surface area contributed by atoms with Crippen LogP contribution < -0.4 is 68.9 Å². The van der Waals surface area contributed by atoms with Crippen LogP contribution in [-0.2, 0) is 0 Å². The number of hydrogen-bond donors (Lipinski definition) is 4. The van der Waals surface area contributed by atoms with Crippen molar-refractivity contribution in [2.75, 3.05) is 0 Å². The fourth-order valence-corrected chi connectivity index (χ4v) is 0.697. The molecule has 1 atom stereocenters. The maximum absolute atomic E-state index is 7.33. The molecule has 0 aliphatic heterocycles. The monoisotopic (exact) mass is 342 g/mol. The molecule has 0 heterocycles. The Morgan fingerprint density at radius 1 is 1.14 bits per heavy atom. The molecule has 0 fully saturated rings. The Balaban J connectivity index is -0.000000177. The Hall–Kier alpha value is 2.11. The van der Waals surface area contributed by atoms with Crippen LogP contribution >= 0.6 is 0 Å². The van der Waals surface area contributed by atoms with E-state index in [1.807, 2.05) is 0 Å². The average Bonchev–Trinajstić information content (AvgIpc) is 1.97. The van der Waals surface area contributed by atoms with Crippen LogP contribution in [-0.4, -0.2) is 28.2 Å². The van der Waals surface area contributed by atoms with Gasteiger partial charge in [-0.3, -0.25) is 0 Å². The minimum atomic E-state index is -4.61. The summed E-state index contributed by atoms with van der Waals surface area (Å²) in [7, 11) is -4.61. The third-order valence-electron chi connectivity index (χ3n) is 1.54. The molecule has 0 bridgehead atoms. The summed E-state index contributed by atoms with van der Waals surface area (Å²) in [5, 5.41) is 0. The molecule has 0 radical (unpaired) electrons. The van der Waals surface area contributed by atoms with Crippen molar-refractivity contribution in [2.24, 2.45) is 5.92 Å². The zero-order chi connectivity index (χ0) is 10.9. The van der Waals surface area contributed by atoms with Gasteiger partial charge in [0.15, 0.2) is 0 Å². The van der Waals surface area contributed by atoms with Crippen molar-refractivity contribution in [3.63, 3.8) is 0 Å². The van der Waals surface area contributed by atoms with E-state index in [4.69, 9.17) is 19.2 Å². The number of hydrogen-bond acceptors (Lipinski definition) is 4. The van der Waals surface area contributed by atoms with E-state index in [0.29, 0.717) is 5.92 Å². The third-order valence-corrected chi connectivity index (χ3v) is 1.54. The third kappa shape index (κ3) is 36.9. The predicted octanol–water partition coefficient (Wildman–Crippen LogP) is -2.57. The second-order valence-corrected chi connectivity index (χ2v) is 4.22. The van der Waals surface area contributed by atoms with Gasteiger partial charge in [-0.1, -0.05) is 39.5 Å². The molecule has 0 aromatic rings. The zero-order valence-corrected chi connectivity index (χ0v) is 16.7. The molecule has 4 nitrogen and oxygen atoms in total. The topological polar surface area (TPSA) is 80.9 Å². The van der Waals surface area contributed by atoms with Crippen molar-refractivity contribution < 1.29 is 88.1 Å². The second-order valence-electron chi connectivity index (χ2n) is 3.02. The summed E-state index contributed by atoms with van der Waals surface area (Å²) < 4.78 is 0. The Bertz CT molecular complexity index is 102.